The summed E-state index contributed by atoms with van der Waals surface area (Å²) in [7, 11) is 0. The van der Waals surface area contributed by atoms with E-state index in [-0.39, 0.29) is 5.82 Å². The van der Waals surface area contributed by atoms with Crippen molar-refractivity contribution >= 4 is 12.0 Å². The summed E-state index contributed by atoms with van der Waals surface area (Å²) >= 11 is 0. The fourth-order valence-corrected chi connectivity index (χ4v) is 3.75. The van der Waals surface area contributed by atoms with E-state index in [4.69, 9.17) is 0 Å². The first-order valence-electron chi connectivity index (χ1n) is 7.31. The van der Waals surface area contributed by atoms with E-state index in [2.05, 4.69) is 4.90 Å². The molecule has 2 fully saturated rings. The second-order valence-electron chi connectivity index (χ2n) is 5.78. The molecule has 2 unspecified atom stereocenters. The summed E-state index contributed by atoms with van der Waals surface area (Å²) in [6.45, 7) is 0.943. The Hall–Kier alpha value is -1.38. The van der Waals surface area contributed by atoms with E-state index in [0.717, 1.165) is 18.9 Å². The maximum absolute atomic E-state index is 14.2. The molecular formula is C16H20FNO. The van der Waals surface area contributed by atoms with E-state index < -0.39 is 0 Å². The molecule has 102 valence electrons. The van der Waals surface area contributed by atoms with Crippen LogP contribution in [0, 0.1) is 11.7 Å². The van der Waals surface area contributed by atoms with E-state index in [1.165, 1.54) is 38.2 Å². The monoisotopic (exact) mass is 261 g/mol. The lowest BCUT2D eigenvalue weighted by atomic mass is 9.78. The van der Waals surface area contributed by atoms with Crippen LogP contribution in [-0.2, 0) is 0 Å². The van der Waals surface area contributed by atoms with Crippen LogP contribution in [0.15, 0.2) is 18.2 Å². The molecule has 3 heteroatoms. The van der Waals surface area contributed by atoms with Gasteiger partial charge in [-0.3, -0.25) is 4.79 Å². The van der Waals surface area contributed by atoms with E-state index in [1.54, 1.807) is 12.1 Å². The van der Waals surface area contributed by atoms with Crippen LogP contribution < -0.4 is 4.90 Å². The van der Waals surface area contributed by atoms with Crippen molar-refractivity contribution in [2.24, 2.45) is 5.92 Å². The number of aldehydes is 1. The highest BCUT2D eigenvalue weighted by molar-refractivity contribution is 5.76. The highest BCUT2D eigenvalue weighted by Gasteiger charge is 2.34. The maximum atomic E-state index is 14.2. The maximum Gasteiger partial charge on any atom is 0.150 e. The third-order valence-electron chi connectivity index (χ3n) is 4.66. The van der Waals surface area contributed by atoms with Gasteiger partial charge in [-0.1, -0.05) is 12.8 Å². The smallest absolute Gasteiger partial charge is 0.150 e. The van der Waals surface area contributed by atoms with Gasteiger partial charge in [-0.25, -0.2) is 4.39 Å². The van der Waals surface area contributed by atoms with Gasteiger partial charge in [-0.05, 0) is 49.8 Å². The SMILES string of the molecule is O=Cc1ccc(N2CCCC3CCCCC32)c(F)c1. The first-order valence-corrected chi connectivity index (χ1v) is 7.31. The Labute approximate surface area is 113 Å². The molecule has 0 N–H and O–H groups in total. The lowest BCUT2D eigenvalue weighted by Crippen LogP contribution is -2.47. The second-order valence-corrected chi connectivity index (χ2v) is 5.78. The van der Waals surface area contributed by atoms with Crippen LogP contribution in [0.25, 0.3) is 0 Å². The molecule has 0 bridgehead atoms. The molecule has 1 aromatic carbocycles. The number of halogens is 1. The molecule has 0 aromatic heterocycles. The number of hydrogen-bond acceptors (Lipinski definition) is 2. The van der Waals surface area contributed by atoms with Crippen LogP contribution in [0.1, 0.15) is 48.9 Å². The largest absolute Gasteiger partial charge is 0.366 e. The van der Waals surface area contributed by atoms with Crippen molar-refractivity contribution in [3.63, 3.8) is 0 Å². The van der Waals surface area contributed by atoms with Crippen LogP contribution in [0.2, 0.25) is 0 Å². The van der Waals surface area contributed by atoms with E-state index in [0.29, 0.717) is 23.6 Å². The highest BCUT2D eigenvalue weighted by atomic mass is 19.1. The molecule has 0 radical (unpaired) electrons. The summed E-state index contributed by atoms with van der Waals surface area (Å²) in [6, 6.07) is 5.35. The summed E-state index contributed by atoms with van der Waals surface area (Å²) in [5.41, 5.74) is 1.10. The summed E-state index contributed by atoms with van der Waals surface area (Å²) in [5.74, 6) is 0.475. The number of hydrogen-bond donors (Lipinski definition) is 0. The molecule has 0 amide bonds. The molecule has 2 atom stereocenters. The van der Waals surface area contributed by atoms with E-state index in [9.17, 15) is 9.18 Å². The van der Waals surface area contributed by atoms with Gasteiger partial charge < -0.3 is 4.90 Å². The van der Waals surface area contributed by atoms with Crippen molar-refractivity contribution in [3.8, 4) is 0 Å². The van der Waals surface area contributed by atoms with Crippen LogP contribution in [0.3, 0.4) is 0 Å². The van der Waals surface area contributed by atoms with Crippen molar-refractivity contribution in [3.05, 3.63) is 29.6 Å². The van der Waals surface area contributed by atoms with Crippen molar-refractivity contribution < 1.29 is 9.18 Å². The molecule has 2 nitrogen and oxygen atoms in total. The van der Waals surface area contributed by atoms with Gasteiger partial charge >= 0.3 is 0 Å². The Kier molecular flexibility index (Phi) is 3.54. The topological polar surface area (TPSA) is 20.3 Å². The molecule has 3 rings (SSSR count). The van der Waals surface area contributed by atoms with Crippen LogP contribution >= 0.6 is 0 Å². The fraction of sp³-hybridized carbons (Fsp3) is 0.562. The van der Waals surface area contributed by atoms with Gasteiger partial charge in [0.2, 0.25) is 0 Å². The number of benzene rings is 1. The van der Waals surface area contributed by atoms with Crippen molar-refractivity contribution in [2.75, 3.05) is 11.4 Å². The summed E-state index contributed by atoms with van der Waals surface area (Å²) < 4.78 is 14.2. The molecular weight excluding hydrogens is 241 g/mol. The van der Waals surface area contributed by atoms with Crippen molar-refractivity contribution in [1.82, 2.24) is 0 Å². The van der Waals surface area contributed by atoms with Crippen molar-refractivity contribution in [1.29, 1.82) is 0 Å². The first kappa shape index (κ1) is 12.6. The van der Waals surface area contributed by atoms with Gasteiger partial charge in [-0.15, -0.1) is 0 Å². The molecule has 19 heavy (non-hydrogen) atoms. The number of carbonyl (C=O) groups excluding carboxylic acids is 1. The fourth-order valence-electron chi connectivity index (χ4n) is 3.75. The number of piperidine rings is 1. The van der Waals surface area contributed by atoms with Crippen molar-refractivity contribution in [2.45, 2.75) is 44.6 Å². The Bertz CT molecular complexity index is 472. The average molecular weight is 261 g/mol. The summed E-state index contributed by atoms with van der Waals surface area (Å²) in [4.78, 5) is 12.9. The average Bonchev–Trinajstić information content (AvgIpc) is 2.46. The Morgan fingerprint density at radius 1 is 1.16 bits per heavy atom. The minimum Gasteiger partial charge on any atom is -0.366 e. The number of rotatable bonds is 2. The van der Waals surface area contributed by atoms with Crippen LogP contribution in [-0.4, -0.2) is 18.9 Å². The molecule has 1 aliphatic heterocycles. The van der Waals surface area contributed by atoms with Gasteiger partial charge in [0.15, 0.2) is 0 Å². The molecule has 1 heterocycles. The zero-order chi connectivity index (χ0) is 13.2. The Balaban J connectivity index is 1.89. The van der Waals surface area contributed by atoms with Gasteiger partial charge in [0.05, 0.1) is 5.69 Å². The van der Waals surface area contributed by atoms with Crippen LogP contribution in [0.5, 0.6) is 0 Å². The summed E-state index contributed by atoms with van der Waals surface area (Å²) in [6.07, 6.45) is 8.18. The number of fused-ring (bicyclic) bond motifs is 1. The van der Waals surface area contributed by atoms with Gasteiger partial charge in [0.25, 0.3) is 0 Å². The Morgan fingerprint density at radius 3 is 2.74 bits per heavy atom. The standard InChI is InChI=1S/C16H20FNO/c17-14-10-12(11-19)7-8-16(14)18-9-3-5-13-4-1-2-6-15(13)18/h7-8,10-11,13,15H,1-6,9H2. The zero-order valence-corrected chi connectivity index (χ0v) is 11.1. The second kappa shape index (κ2) is 5.32. The predicted molar refractivity (Wildman–Crippen MR) is 74.1 cm³/mol. The molecule has 1 saturated carbocycles. The molecule has 1 saturated heterocycles. The molecule has 1 aliphatic carbocycles. The van der Waals surface area contributed by atoms with E-state index in [1.807, 2.05) is 0 Å². The third kappa shape index (κ3) is 2.38. The van der Waals surface area contributed by atoms with Gasteiger partial charge in [-0.2, -0.15) is 0 Å². The lowest BCUT2D eigenvalue weighted by Gasteiger charge is -2.45. The molecule has 1 aromatic rings. The first-order chi connectivity index (χ1) is 9.29. The van der Waals surface area contributed by atoms with Gasteiger partial charge in [0.1, 0.15) is 12.1 Å². The third-order valence-corrected chi connectivity index (χ3v) is 4.66. The normalized spacial score (nSPS) is 26.9. The Morgan fingerprint density at radius 2 is 1.95 bits per heavy atom. The van der Waals surface area contributed by atoms with Crippen LogP contribution in [0.4, 0.5) is 10.1 Å². The number of carbonyl (C=O) groups is 1. The highest BCUT2D eigenvalue weighted by Crippen LogP contribution is 2.38. The zero-order valence-electron chi connectivity index (χ0n) is 11.1. The predicted octanol–water partition coefficient (Wildman–Crippen LogP) is 3.80. The van der Waals surface area contributed by atoms with E-state index >= 15 is 0 Å². The molecule has 2 aliphatic rings. The minimum atomic E-state index is -0.254. The molecule has 0 spiro atoms. The number of anilines is 1. The lowest BCUT2D eigenvalue weighted by molar-refractivity contribution is 0.112. The number of nitrogens with zero attached hydrogens (tertiary/aromatic N) is 1. The summed E-state index contributed by atoms with van der Waals surface area (Å²) in [5, 5.41) is 0. The quantitative estimate of drug-likeness (QED) is 0.755. The minimum absolute atomic E-state index is 0.254. The van der Waals surface area contributed by atoms with Gasteiger partial charge in [0, 0.05) is 18.2 Å².